The van der Waals surface area contributed by atoms with Crippen LogP contribution < -0.4 is 10.9 Å². The van der Waals surface area contributed by atoms with E-state index in [0.717, 1.165) is 17.5 Å². The summed E-state index contributed by atoms with van der Waals surface area (Å²) in [6.45, 7) is 0. The van der Waals surface area contributed by atoms with Gasteiger partial charge >= 0.3 is 0 Å². The molecule has 10 heavy (non-hydrogen) atoms. The lowest BCUT2D eigenvalue weighted by Crippen LogP contribution is -2.07. The molecular formula is C7H10N2S. The fourth-order valence-corrected chi connectivity index (χ4v) is 1.04. The molecule has 1 atom stereocenters. The molecule has 0 aliphatic rings. The standard InChI is InChI=1S/C7H10N2S/c8-7(10-9)6-4-2-1-3-5-6/h1-5,7H,8-9H2. The van der Waals surface area contributed by atoms with Crippen LogP contribution in [-0.2, 0) is 0 Å². The van der Waals surface area contributed by atoms with Crippen molar-refractivity contribution in [1.82, 2.24) is 0 Å². The van der Waals surface area contributed by atoms with Gasteiger partial charge in [0.2, 0.25) is 0 Å². The van der Waals surface area contributed by atoms with Crippen molar-refractivity contribution in [3.8, 4) is 0 Å². The molecule has 1 unspecified atom stereocenters. The third kappa shape index (κ3) is 1.73. The molecular weight excluding hydrogens is 144 g/mol. The SMILES string of the molecule is NSC(N)c1ccccc1. The molecule has 0 aliphatic heterocycles. The van der Waals surface area contributed by atoms with Gasteiger partial charge in [0.05, 0.1) is 5.37 Å². The Morgan fingerprint density at radius 3 is 2.30 bits per heavy atom. The molecule has 0 fully saturated rings. The van der Waals surface area contributed by atoms with Crippen LogP contribution in [0.4, 0.5) is 0 Å². The number of hydrogen-bond acceptors (Lipinski definition) is 3. The minimum absolute atomic E-state index is 0.0961. The summed E-state index contributed by atoms with van der Waals surface area (Å²) in [5, 5.41) is 5.20. The first-order valence-electron chi connectivity index (χ1n) is 3.00. The van der Waals surface area contributed by atoms with Gasteiger partial charge in [-0.2, -0.15) is 0 Å². The van der Waals surface area contributed by atoms with Crippen molar-refractivity contribution < 1.29 is 0 Å². The topological polar surface area (TPSA) is 52.0 Å². The molecule has 4 N–H and O–H groups in total. The highest BCUT2D eigenvalue weighted by Gasteiger charge is 2.00. The Bertz CT molecular complexity index is 188. The minimum atomic E-state index is -0.0961. The second-order valence-electron chi connectivity index (χ2n) is 1.97. The van der Waals surface area contributed by atoms with Gasteiger partial charge in [0.15, 0.2) is 0 Å². The normalized spacial score (nSPS) is 13.0. The summed E-state index contributed by atoms with van der Waals surface area (Å²) < 4.78 is 0. The maximum atomic E-state index is 5.63. The van der Waals surface area contributed by atoms with E-state index in [9.17, 15) is 0 Å². The first-order chi connectivity index (χ1) is 4.84. The van der Waals surface area contributed by atoms with E-state index in [1.807, 2.05) is 30.3 Å². The number of benzene rings is 1. The molecule has 1 aromatic rings. The van der Waals surface area contributed by atoms with Gasteiger partial charge in [0, 0.05) is 0 Å². The fraction of sp³-hybridized carbons (Fsp3) is 0.143. The van der Waals surface area contributed by atoms with Crippen LogP contribution in [-0.4, -0.2) is 0 Å². The Morgan fingerprint density at radius 1 is 1.20 bits per heavy atom. The van der Waals surface area contributed by atoms with E-state index < -0.39 is 0 Å². The molecule has 1 aromatic carbocycles. The molecule has 2 nitrogen and oxygen atoms in total. The van der Waals surface area contributed by atoms with Crippen LogP contribution in [0.15, 0.2) is 30.3 Å². The lowest BCUT2D eigenvalue weighted by Gasteiger charge is -2.05. The zero-order chi connectivity index (χ0) is 7.40. The quantitative estimate of drug-likeness (QED) is 0.498. The molecule has 0 amide bonds. The molecule has 0 saturated carbocycles. The molecule has 0 aromatic heterocycles. The van der Waals surface area contributed by atoms with E-state index in [0.29, 0.717) is 0 Å². The molecule has 3 heteroatoms. The zero-order valence-electron chi connectivity index (χ0n) is 5.53. The molecule has 0 spiro atoms. The molecule has 0 saturated heterocycles. The van der Waals surface area contributed by atoms with E-state index in [-0.39, 0.29) is 5.37 Å². The largest absolute Gasteiger partial charge is 0.315 e. The van der Waals surface area contributed by atoms with Crippen molar-refractivity contribution in [2.24, 2.45) is 10.9 Å². The Morgan fingerprint density at radius 2 is 1.80 bits per heavy atom. The van der Waals surface area contributed by atoms with E-state index in [1.54, 1.807) is 0 Å². The van der Waals surface area contributed by atoms with Gasteiger partial charge in [-0.05, 0) is 5.56 Å². The smallest absolute Gasteiger partial charge is 0.0907 e. The van der Waals surface area contributed by atoms with Crippen molar-refractivity contribution in [3.63, 3.8) is 0 Å². The Hall–Kier alpha value is -0.510. The van der Waals surface area contributed by atoms with Crippen LogP contribution in [0.5, 0.6) is 0 Å². The van der Waals surface area contributed by atoms with Crippen molar-refractivity contribution in [2.45, 2.75) is 5.37 Å². The fourth-order valence-electron chi connectivity index (χ4n) is 0.721. The predicted octanol–water partition coefficient (Wildman–Crippen LogP) is 1.25. The van der Waals surface area contributed by atoms with E-state index in [1.165, 1.54) is 0 Å². The van der Waals surface area contributed by atoms with Crippen molar-refractivity contribution in [1.29, 1.82) is 0 Å². The molecule has 0 radical (unpaired) electrons. The van der Waals surface area contributed by atoms with Gasteiger partial charge in [-0.3, -0.25) is 5.14 Å². The summed E-state index contributed by atoms with van der Waals surface area (Å²) >= 11 is 1.16. The van der Waals surface area contributed by atoms with E-state index >= 15 is 0 Å². The van der Waals surface area contributed by atoms with Gasteiger partial charge in [-0.25, -0.2) is 0 Å². The second-order valence-corrected chi connectivity index (χ2v) is 2.75. The number of hydrogen-bond donors (Lipinski definition) is 2. The summed E-state index contributed by atoms with van der Waals surface area (Å²) in [5.74, 6) is 0. The highest BCUT2D eigenvalue weighted by atomic mass is 32.2. The first kappa shape index (κ1) is 7.60. The summed E-state index contributed by atoms with van der Waals surface area (Å²) in [6.07, 6.45) is 0. The molecule has 1 rings (SSSR count). The van der Waals surface area contributed by atoms with Crippen LogP contribution in [0.3, 0.4) is 0 Å². The highest BCUT2D eigenvalue weighted by Crippen LogP contribution is 2.16. The van der Waals surface area contributed by atoms with Crippen LogP contribution in [0, 0.1) is 0 Å². The number of nitrogens with two attached hydrogens (primary N) is 2. The third-order valence-corrected chi connectivity index (χ3v) is 1.84. The third-order valence-electron chi connectivity index (χ3n) is 1.27. The maximum Gasteiger partial charge on any atom is 0.0907 e. The average molecular weight is 154 g/mol. The minimum Gasteiger partial charge on any atom is -0.315 e. The summed E-state index contributed by atoms with van der Waals surface area (Å²) in [6, 6.07) is 9.78. The van der Waals surface area contributed by atoms with E-state index in [4.69, 9.17) is 10.9 Å². The monoisotopic (exact) mass is 154 g/mol. The van der Waals surface area contributed by atoms with E-state index in [2.05, 4.69) is 0 Å². The molecule has 0 heterocycles. The van der Waals surface area contributed by atoms with Gasteiger partial charge in [-0.15, -0.1) is 0 Å². The highest BCUT2D eigenvalue weighted by molar-refractivity contribution is 7.97. The Kier molecular flexibility index (Phi) is 2.74. The maximum absolute atomic E-state index is 5.63. The van der Waals surface area contributed by atoms with Crippen LogP contribution in [0.1, 0.15) is 10.9 Å². The van der Waals surface area contributed by atoms with Crippen LogP contribution in [0.2, 0.25) is 0 Å². The molecule has 0 bridgehead atoms. The van der Waals surface area contributed by atoms with Crippen molar-refractivity contribution in [2.75, 3.05) is 0 Å². The van der Waals surface area contributed by atoms with Gasteiger partial charge in [0.1, 0.15) is 0 Å². The van der Waals surface area contributed by atoms with Crippen LogP contribution in [0.25, 0.3) is 0 Å². The zero-order valence-corrected chi connectivity index (χ0v) is 6.34. The molecule has 54 valence electrons. The summed E-state index contributed by atoms with van der Waals surface area (Å²) in [4.78, 5) is 0. The van der Waals surface area contributed by atoms with Gasteiger partial charge in [0.25, 0.3) is 0 Å². The average Bonchev–Trinajstić information content (AvgIpc) is 2.05. The van der Waals surface area contributed by atoms with Gasteiger partial charge < -0.3 is 5.73 Å². The Balaban J connectivity index is 2.75. The summed E-state index contributed by atoms with van der Waals surface area (Å²) in [5.41, 5.74) is 6.70. The summed E-state index contributed by atoms with van der Waals surface area (Å²) in [7, 11) is 0. The van der Waals surface area contributed by atoms with Crippen LogP contribution >= 0.6 is 11.9 Å². The second kappa shape index (κ2) is 3.61. The number of rotatable bonds is 2. The van der Waals surface area contributed by atoms with Gasteiger partial charge in [-0.1, -0.05) is 42.3 Å². The molecule has 0 aliphatic carbocycles. The lowest BCUT2D eigenvalue weighted by molar-refractivity contribution is 1.03. The Labute approximate surface area is 64.7 Å². The lowest BCUT2D eigenvalue weighted by atomic mass is 10.2. The van der Waals surface area contributed by atoms with Crippen molar-refractivity contribution >= 4 is 11.9 Å². The first-order valence-corrected chi connectivity index (χ1v) is 3.95. The predicted molar refractivity (Wildman–Crippen MR) is 45.1 cm³/mol. The van der Waals surface area contributed by atoms with Crippen molar-refractivity contribution in [3.05, 3.63) is 35.9 Å².